The standard InChI is InChI=1S/C12H14F2N2O2/c1-8(17)15-4-5-16-12(18)6-9-2-3-10(13)7-11(9)14/h2-3,7H,4-6H2,1H3,(H,15,17)(H,16,18). The van der Waals surface area contributed by atoms with E-state index in [2.05, 4.69) is 10.6 Å². The third-order valence-corrected chi connectivity index (χ3v) is 2.19. The molecule has 0 aromatic heterocycles. The highest BCUT2D eigenvalue weighted by molar-refractivity contribution is 5.78. The monoisotopic (exact) mass is 256 g/mol. The average molecular weight is 256 g/mol. The Labute approximate surface area is 103 Å². The van der Waals surface area contributed by atoms with Gasteiger partial charge in [0.25, 0.3) is 0 Å². The Balaban J connectivity index is 2.38. The van der Waals surface area contributed by atoms with E-state index < -0.39 is 11.6 Å². The molecule has 0 aliphatic rings. The molecule has 0 spiro atoms. The van der Waals surface area contributed by atoms with E-state index >= 15 is 0 Å². The lowest BCUT2D eigenvalue weighted by Crippen LogP contribution is -2.34. The molecule has 6 heteroatoms. The summed E-state index contributed by atoms with van der Waals surface area (Å²) in [4.78, 5) is 22.0. The summed E-state index contributed by atoms with van der Waals surface area (Å²) in [5.41, 5.74) is 0.133. The molecule has 0 aliphatic carbocycles. The summed E-state index contributed by atoms with van der Waals surface area (Å²) in [5, 5.41) is 5.02. The fourth-order valence-corrected chi connectivity index (χ4v) is 1.34. The van der Waals surface area contributed by atoms with Crippen LogP contribution in [0.25, 0.3) is 0 Å². The molecular formula is C12H14F2N2O2. The van der Waals surface area contributed by atoms with Crippen LogP contribution < -0.4 is 10.6 Å². The highest BCUT2D eigenvalue weighted by Crippen LogP contribution is 2.09. The Bertz CT molecular complexity index is 450. The molecule has 18 heavy (non-hydrogen) atoms. The van der Waals surface area contributed by atoms with Crippen LogP contribution in [0.3, 0.4) is 0 Å². The normalized spacial score (nSPS) is 9.94. The summed E-state index contributed by atoms with van der Waals surface area (Å²) in [6.07, 6.45) is -0.161. The van der Waals surface area contributed by atoms with Crippen molar-refractivity contribution < 1.29 is 18.4 Å². The van der Waals surface area contributed by atoms with Crippen LogP contribution in [0.5, 0.6) is 0 Å². The molecule has 0 aliphatic heterocycles. The second kappa shape index (κ2) is 6.68. The van der Waals surface area contributed by atoms with Crippen molar-refractivity contribution in [3.05, 3.63) is 35.4 Å². The Morgan fingerprint density at radius 2 is 1.83 bits per heavy atom. The summed E-state index contributed by atoms with van der Waals surface area (Å²) in [5.74, 6) is -1.99. The van der Waals surface area contributed by atoms with Crippen LogP contribution in [-0.4, -0.2) is 24.9 Å². The van der Waals surface area contributed by atoms with Gasteiger partial charge in [0.1, 0.15) is 11.6 Å². The van der Waals surface area contributed by atoms with Crippen molar-refractivity contribution in [2.45, 2.75) is 13.3 Å². The summed E-state index contributed by atoms with van der Waals surface area (Å²) in [6.45, 7) is 1.95. The second-order valence-electron chi connectivity index (χ2n) is 3.75. The van der Waals surface area contributed by atoms with Gasteiger partial charge in [0, 0.05) is 26.1 Å². The van der Waals surface area contributed by atoms with E-state index in [1.807, 2.05) is 0 Å². The number of carbonyl (C=O) groups excluding carboxylic acids is 2. The molecule has 0 radical (unpaired) electrons. The van der Waals surface area contributed by atoms with Crippen LogP contribution in [-0.2, 0) is 16.0 Å². The Kier molecular flexibility index (Phi) is 5.23. The van der Waals surface area contributed by atoms with E-state index in [1.165, 1.54) is 13.0 Å². The molecule has 0 unspecified atom stereocenters. The van der Waals surface area contributed by atoms with Crippen molar-refractivity contribution in [2.75, 3.05) is 13.1 Å². The van der Waals surface area contributed by atoms with Crippen LogP contribution in [0.4, 0.5) is 8.78 Å². The van der Waals surface area contributed by atoms with Crippen molar-refractivity contribution in [3.8, 4) is 0 Å². The van der Waals surface area contributed by atoms with Gasteiger partial charge in [-0.2, -0.15) is 0 Å². The molecular weight excluding hydrogens is 242 g/mol. The minimum atomic E-state index is -0.744. The average Bonchev–Trinajstić information content (AvgIpc) is 2.28. The topological polar surface area (TPSA) is 58.2 Å². The molecule has 0 saturated carbocycles. The molecule has 2 amide bonds. The van der Waals surface area contributed by atoms with Gasteiger partial charge in [0.15, 0.2) is 0 Å². The zero-order chi connectivity index (χ0) is 13.5. The Morgan fingerprint density at radius 3 is 2.44 bits per heavy atom. The molecule has 0 heterocycles. The first-order valence-electron chi connectivity index (χ1n) is 5.44. The second-order valence-corrected chi connectivity index (χ2v) is 3.75. The number of carbonyl (C=O) groups is 2. The van der Waals surface area contributed by atoms with Gasteiger partial charge in [-0.05, 0) is 11.6 Å². The maximum atomic E-state index is 13.2. The first kappa shape index (κ1) is 14.1. The Hall–Kier alpha value is -1.98. The van der Waals surface area contributed by atoms with Gasteiger partial charge in [0.05, 0.1) is 6.42 Å². The molecule has 1 rings (SSSR count). The summed E-state index contributed by atoms with van der Waals surface area (Å²) < 4.78 is 25.9. The lowest BCUT2D eigenvalue weighted by molar-refractivity contribution is -0.121. The molecule has 0 bridgehead atoms. The molecule has 0 saturated heterocycles. The summed E-state index contributed by atoms with van der Waals surface area (Å²) in [6, 6.07) is 3.07. The first-order valence-corrected chi connectivity index (χ1v) is 5.44. The molecule has 0 atom stereocenters. The van der Waals surface area contributed by atoms with Crippen LogP contribution in [0, 0.1) is 11.6 Å². The van der Waals surface area contributed by atoms with E-state index in [9.17, 15) is 18.4 Å². The maximum Gasteiger partial charge on any atom is 0.224 e. The zero-order valence-electron chi connectivity index (χ0n) is 9.93. The molecule has 2 N–H and O–H groups in total. The molecule has 1 aromatic carbocycles. The van der Waals surface area contributed by atoms with Crippen LogP contribution in [0.2, 0.25) is 0 Å². The van der Waals surface area contributed by atoms with Gasteiger partial charge in [-0.15, -0.1) is 0 Å². The Morgan fingerprint density at radius 1 is 1.17 bits per heavy atom. The van der Waals surface area contributed by atoms with Crippen LogP contribution in [0.1, 0.15) is 12.5 Å². The van der Waals surface area contributed by atoms with Gasteiger partial charge in [-0.25, -0.2) is 8.78 Å². The van der Waals surface area contributed by atoms with Crippen LogP contribution >= 0.6 is 0 Å². The van der Waals surface area contributed by atoms with E-state index in [1.54, 1.807) is 0 Å². The predicted octanol–water partition coefficient (Wildman–Crippen LogP) is 0.760. The quantitative estimate of drug-likeness (QED) is 0.764. The number of hydrogen-bond donors (Lipinski definition) is 2. The minimum absolute atomic E-state index is 0.133. The molecule has 0 fully saturated rings. The number of halogens is 2. The van der Waals surface area contributed by atoms with E-state index in [-0.39, 0.29) is 30.3 Å². The molecule has 1 aromatic rings. The van der Waals surface area contributed by atoms with Crippen molar-refractivity contribution in [3.63, 3.8) is 0 Å². The molecule has 4 nitrogen and oxygen atoms in total. The number of benzene rings is 1. The number of hydrogen-bond acceptors (Lipinski definition) is 2. The first-order chi connectivity index (χ1) is 8.49. The lowest BCUT2D eigenvalue weighted by atomic mass is 10.1. The predicted molar refractivity (Wildman–Crippen MR) is 61.8 cm³/mol. The van der Waals surface area contributed by atoms with Gasteiger partial charge in [-0.3, -0.25) is 9.59 Å². The van der Waals surface area contributed by atoms with Gasteiger partial charge >= 0.3 is 0 Å². The number of amides is 2. The van der Waals surface area contributed by atoms with Crippen molar-refractivity contribution in [1.82, 2.24) is 10.6 Å². The molecule has 98 valence electrons. The van der Waals surface area contributed by atoms with Crippen molar-refractivity contribution in [1.29, 1.82) is 0 Å². The van der Waals surface area contributed by atoms with Crippen molar-refractivity contribution in [2.24, 2.45) is 0 Å². The minimum Gasteiger partial charge on any atom is -0.355 e. The van der Waals surface area contributed by atoms with Gasteiger partial charge < -0.3 is 10.6 Å². The van der Waals surface area contributed by atoms with E-state index in [0.29, 0.717) is 6.54 Å². The van der Waals surface area contributed by atoms with Gasteiger partial charge in [-0.1, -0.05) is 6.07 Å². The van der Waals surface area contributed by atoms with Gasteiger partial charge in [0.2, 0.25) is 11.8 Å². The summed E-state index contributed by atoms with van der Waals surface area (Å²) in [7, 11) is 0. The fraction of sp³-hybridized carbons (Fsp3) is 0.333. The van der Waals surface area contributed by atoms with E-state index in [0.717, 1.165) is 12.1 Å². The van der Waals surface area contributed by atoms with Crippen molar-refractivity contribution >= 4 is 11.8 Å². The maximum absolute atomic E-state index is 13.2. The largest absolute Gasteiger partial charge is 0.355 e. The smallest absolute Gasteiger partial charge is 0.224 e. The highest BCUT2D eigenvalue weighted by atomic mass is 19.1. The lowest BCUT2D eigenvalue weighted by Gasteiger charge is -2.06. The third-order valence-electron chi connectivity index (χ3n) is 2.19. The number of nitrogens with one attached hydrogen (secondary N) is 2. The SMILES string of the molecule is CC(=O)NCCNC(=O)Cc1ccc(F)cc1F. The van der Waals surface area contributed by atoms with E-state index in [4.69, 9.17) is 0 Å². The highest BCUT2D eigenvalue weighted by Gasteiger charge is 2.08. The summed E-state index contributed by atoms with van der Waals surface area (Å²) >= 11 is 0. The fourth-order valence-electron chi connectivity index (χ4n) is 1.34. The zero-order valence-corrected chi connectivity index (χ0v) is 9.93. The van der Waals surface area contributed by atoms with Crippen LogP contribution in [0.15, 0.2) is 18.2 Å². The number of rotatable bonds is 5. The third kappa shape index (κ3) is 4.90.